The van der Waals surface area contributed by atoms with Crippen LogP contribution in [0.2, 0.25) is 0 Å². The number of hydrogen-bond acceptors (Lipinski definition) is 3. The van der Waals surface area contributed by atoms with Gasteiger partial charge in [0.05, 0.1) is 5.69 Å². The lowest BCUT2D eigenvalue weighted by atomic mass is 9.77. The second-order valence-electron chi connectivity index (χ2n) is 6.11. The second kappa shape index (κ2) is 4.60. The van der Waals surface area contributed by atoms with Crippen LogP contribution in [0.1, 0.15) is 36.9 Å². The molecule has 1 aliphatic carbocycles. The zero-order valence-electron chi connectivity index (χ0n) is 11.4. The van der Waals surface area contributed by atoms with Crippen molar-refractivity contribution in [1.82, 2.24) is 4.98 Å². The van der Waals surface area contributed by atoms with Crippen LogP contribution in [0.15, 0.2) is 18.2 Å². The zero-order valence-corrected chi connectivity index (χ0v) is 12.2. The molecular formula is C15H16F2N2S. The van der Waals surface area contributed by atoms with Gasteiger partial charge in [0.1, 0.15) is 5.01 Å². The molecule has 0 saturated heterocycles. The summed E-state index contributed by atoms with van der Waals surface area (Å²) in [6.45, 7) is 4.35. The van der Waals surface area contributed by atoms with Crippen LogP contribution in [0.3, 0.4) is 0 Å². The topological polar surface area (TPSA) is 38.9 Å². The first-order valence-electron chi connectivity index (χ1n) is 6.56. The SMILES string of the molecule is CC1(C)Cc2nc(-c3ccc(F)c(F)c3)sc2C(N)C1. The van der Waals surface area contributed by atoms with Crippen molar-refractivity contribution in [1.29, 1.82) is 0 Å². The van der Waals surface area contributed by atoms with Crippen molar-refractivity contribution in [2.45, 2.75) is 32.7 Å². The Morgan fingerprint density at radius 1 is 1.30 bits per heavy atom. The molecule has 5 heteroatoms. The van der Waals surface area contributed by atoms with E-state index in [2.05, 4.69) is 18.8 Å². The Hall–Kier alpha value is -1.33. The number of rotatable bonds is 1. The minimum absolute atomic E-state index is 0.0229. The van der Waals surface area contributed by atoms with Gasteiger partial charge < -0.3 is 5.73 Å². The molecule has 0 radical (unpaired) electrons. The molecule has 1 aliphatic rings. The maximum atomic E-state index is 13.3. The zero-order chi connectivity index (χ0) is 14.5. The molecule has 2 aromatic rings. The Labute approximate surface area is 120 Å². The molecule has 1 atom stereocenters. The maximum absolute atomic E-state index is 13.3. The maximum Gasteiger partial charge on any atom is 0.159 e. The summed E-state index contributed by atoms with van der Waals surface area (Å²) in [5.41, 5.74) is 7.94. The molecule has 1 aromatic carbocycles. The van der Waals surface area contributed by atoms with E-state index in [0.29, 0.717) is 10.6 Å². The van der Waals surface area contributed by atoms with Gasteiger partial charge in [0.15, 0.2) is 11.6 Å². The number of halogens is 2. The summed E-state index contributed by atoms with van der Waals surface area (Å²) in [5.74, 6) is -1.69. The summed E-state index contributed by atoms with van der Waals surface area (Å²) in [5, 5.41) is 0.710. The number of fused-ring (bicyclic) bond motifs is 1. The highest BCUT2D eigenvalue weighted by Gasteiger charge is 2.33. The van der Waals surface area contributed by atoms with Gasteiger partial charge in [-0.05, 0) is 36.5 Å². The van der Waals surface area contributed by atoms with E-state index >= 15 is 0 Å². The van der Waals surface area contributed by atoms with Crippen molar-refractivity contribution in [2.75, 3.05) is 0 Å². The minimum Gasteiger partial charge on any atom is -0.323 e. The third kappa shape index (κ3) is 2.36. The number of nitrogens with two attached hydrogens (primary N) is 1. The van der Waals surface area contributed by atoms with Gasteiger partial charge in [-0.2, -0.15) is 0 Å². The van der Waals surface area contributed by atoms with Gasteiger partial charge in [0, 0.05) is 16.5 Å². The van der Waals surface area contributed by atoms with Gasteiger partial charge in [-0.3, -0.25) is 0 Å². The van der Waals surface area contributed by atoms with Crippen molar-refractivity contribution in [3.8, 4) is 10.6 Å². The summed E-state index contributed by atoms with van der Waals surface area (Å²) >= 11 is 1.49. The van der Waals surface area contributed by atoms with E-state index in [9.17, 15) is 8.78 Å². The highest BCUT2D eigenvalue weighted by Crippen LogP contribution is 2.43. The van der Waals surface area contributed by atoms with Gasteiger partial charge in [0.25, 0.3) is 0 Å². The molecule has 2 N–H and O–H groups in total. The van der Waals surface area contributed by atoms with Crippen LogP contribution in [0, 0.1) is 17.0 Å². The molecule has 1 heterocycles. The third-order valence-corrected chi connectivity index (χ3v) is 4.93. The van der Waals surface area contributed by atoms with Crippen LogP contribution in [0.5, 0.6) is 0 Å². The van der Waals surface area contributed by atoms with Crippen LogP contribution < -0.4 is 5.73 Å². The van der Waals surface area contributed by atoms with Crippen molar-refractivity contribution in [2.24, 2.45) is 11.1 Å². The first kappa shape index (κ1) is 13.6. The minimum atomic E-state index is -0.847. The van der Waals surface area contributed by atoms with Crippen LogP contribution in [0.4, 0.5) is 8.78 Å². The Morgan fingerprint density at radius 2 is 2.05 bits per heavy atom. The van der Waals surface area contributed by atoms with E-state index in [-0.39, 0.29) is 11.5 Å². The van der Waals surface area contributed by atoms with E-state index < -0.39 is 11.6 Å². The summed E-state index contributed by atoms with van der Waals surface area (Å²) in [7, 11) is 0. The van der Waals surface area contributed by atoms with E-state index in [1.54, 1.807) is 6.07 Å². The number of hydrogen-bond donors (Lipinski definition) is 1. The standard InChI is InChI=1S/C15H16F2N2S/c1-15(2)6-11(18)13-12(7-15)19-14(20-13)8-3-4-9(16)10(17)5-8/h3-5,11H,6-7,18H2,1-2H3. The molecule has 106 valence electrons. The smallest absolute Gasteiger partial charge is 0.159 e. The molecule has 0 bridgehead atoms. The lowest BCUT2D eigenvalue weighted by Crippen LogP contribution is -2.28. The highest BCUT2D eigenvalue weighted by atomic mass is 32.1. The Morgan fingerprint density at radius 3 is 2.75 bits per heavy atom. The van der Waals surface area contributed by atoms with Crippen LogP contribution >= 0.6 is 11.3 Å². The molecule has 20 heavy (non-hydrogen) atoms. The number of benzene rings is 1. The van der Waals surface area contributed by atoms with Crippen LogP contribution in [0.25, 0.3) is 10.6 Å². The van der Waals surface area contributed by atoms with Gasteiger partial charge in [0.2, 0.25) is 0 Å². The van der Waals surface area contributed by atoms with Gasteiger partial charge >= 0.3 is 0 Å². The van der Waals surface area contributed by atoms with Crippen LogP contribution in [-0.4, -0.2) is 4.98 Å². The molecule has 0 amide bonds. The summed E-state index contributed by atoms with van der Waals surface area (Å²) in [4.78, 5) is 5.66. The lowest BCUT2D eigenvalue weighted by molar-refractivity contribution is 0.282. The largest absolute Gasteiger partial charge is 0.323 e. The highest BCUT2D eigenvalue weighted by molar-refractivity contribution is 7.15. The fourth-order valence-corrected chi connectivity index (χ4v) is 3.83. The second-order valence-corrected chi connectivity index (χ2v) is 7.14. The molecule has 1 aromatic heterocycles. The Bertz CT molecular complexity index is 664. The molecule has 0 fully saturated rings. The average molecular weight is 294 g/mol. The van der Waals surface area contributed by atoms with Crippen molar-refractivity contribution >= 4 is 11.3 Å². The van der Waals surface area contributed by atoms with E-state index in [0.717, 1.165) is 29.5 Å². The fourth-order valence-electron chi connectivity index (χ4n) is 2.75. The summed E-state index contributed by atoms with van der Waals surface area (Å²) in [6, 6.07) is 3.86. The normalized spacial score (nSPS) is 20.8. The fraction of sp³-hybridized carbons (Fsp3) is 0.400. The Kier molecular flexibility index (Phi) is 3.14. The van der Waals surface area contributed by atoms with Crippen LogP contribution in [-0.2, 0) is 6.42 Å². The molecule has 0 aliphatic heterocycles. The quantitative estimate of drug-likeness (QED) is 0.861. The molecular weight excluding hydrogens is 278 g/mol. The van der Waals surface area contributed by atoms with E-state index in [4.69, 9.17) is 5.73 Å². The predicted octanol–water partition coefficient (Wildman–Crippen LogP) is 4.06. The number of thiazole rings is 1. The number of nitrogens with zero attached hydrogens (tertiary/aromatic N) is 1. The van der Waals surface area contributed by atoms with Crippen molar-refractivity contribution in [3.05, 3.63) is 40.4 Å². The van der Waals surface area contributed by atoms with Crippen molar-refractivity contribution < 1.29 is 8.78 Å². The molecule has 3 rings (SSSR count). The lowest BCUT2D eigenvalue weighted by Gasteiger charge is -2.32. The van der Waals surface area contributed by atoms with Gasteiger partial charge in [-0.15, -0.1) is 11.3 Å². The van der Waals surface area contributed by atoms with Gasteiger partial charge in [-0.1, -0.05) is 13.8 Å². The first-order chi connectivity index (χ1) is 9.35. The van der Waals surface area contributed by atoms with Gasteiger partial charge in [-0.25, -0.2) is 13.8 Å². The molecule has 2 nitrogen and oxygen atoms in total. The number of aromatic nitrogens is 1. The third-order valence-electron chi connectivity index (χ3n) is 3.65. The predicted molar refractivity (Wildman–Crippen MR) is 76.5 cm³/mol. The summed E-state index contributed by atoms with van der Waals surface area (Å²) < 4.78 is 26.3. The Balaban J connectivity index is 2.03. The molecule has 0 saturated carbocycles. The average Bonchev–Trinajstić information content (AvgIpc) is 2.75. The van der Waals surface area contributed by atoms with E-state index in [1.165, 1.54) is 17.4 Å². The van der Waals surface area contributed by atoms with Crippen molar-refractivity contribution in [3.63, 3.8) is 0 Å². The first-order valence-corrected chi connectivity index (χ1v) is 7.38. The monoisotopic (exact) mass is 294 g/mol. The molecule has 0 spiro atoms. The molecule has 1 unspecified atom stereocenters. The van der Waals surface area contributed by atoms with E-state index in [1.807, 2.05) is 0 Å². The summed E-state index contributed by atoms with van der Waals surface area (Å²) in [6.07, 6.45) is 1.79.